The molecule has 1 N–H and O–H groups in total. The fourth-order valence-electron chi connectivity index (χ4n) is 6.15. The summed E-state index contributed by atoms with van der Waals surface area (Å²) in [5, 5.41) is 1.02. The van der Waals surface area contributed by atoms with Crippen LogP contribution in [0.15, 0.2) is 66.7 Å². The number of fused-ring (bicyclic) bond motifs is 5. The maximum Gasteiger partial charge on any atom is 0.255 e. The van der Waals surface area contributed by atoms with Gasteiger partial charge < -0.3 is 24.3 Å². The van der Waals surface area contributed by atoms with E-state index in [-0.39, 0.29) is 36.6 Å². The van der Waals surface area contributed by atoms with Gasteiger partial charge >= 0.3 is 0 Å². The van der Waals surface area contributed by atoms with Crippen molar-refractivity contribution in [2.75, 3.05) is 26.8 Å². The van der Waals surface area contributed by atoms with Crippen molar-refractivity contribution >= 4 is 22.7 Å². The second-order valence-electron chi connectivity index (χ2n) is 10.6. The molecule has 6 rings (SSSR count). The Hall–Kier alpha value is -4.33. The van der Waals surface area contributed by atoms with E-state index in [2.05, 4.69) is 18.0 Å². The van der Waals surface area contributed by atoms with Crippen molar-refractivity contribution in [2.24, 2.45) is 0 Å². The maximum absolute atomic E-state index is 14.2. The number of H-pyrrole nitrogens is 1. The molecular formula is C32H32FN3O4. The number of aromatic nitrogens is 1. The Morgan fingerprint density at radius 1 is 1.05 bits per heavy atom. The van der Waals surface area contributed by atoms with E-state index in [1.165, 1.54) is 12.1 Å². The number of halogens is 1. The number of amides is 2. The molecule has 1 aromatic heterocycles. The Bertz CT molecular complexity index is 1600. The Labute approximate surface area is 232 Å². The quantitative estimate of drug-likeness (QED) is 0.343. The van der Waals surface area contributed by atoms with Crippen LogP contribution in [0.1, 0.15) is 48.6 Å². The number of nitrogens with one attached hydrogen (secondary N) is 1. The number of hydrogen-bond donors (Lipinski definition) is 1. The first-order valence-electron chi connectivity index (χ1n) is 13.6. The molecule has 2 aliphatic rings. The predicted octanol–water partition coefficient (Wildman–Crippen LogP) is 5.34. The van der Waals surface area contributed by atoms with Crippen LogP contribution < -0.4 is 9.47 Å². The van der Waals surface area contributed by atoms with Crippen LogP contribution in [0.2, 0.25) is 0 Å². The van der Waals surface area contributed by atoms with Crippen molar-refractivity contribution in [1.29, 1.82) is 0 Å². The molecule has 1 fully saturated rings. The summed E-state index contributed by atoms with van der Waals surface area (Å²) in [4.78, 5) is 34.8. The topological polar surface area (TPSA) is 74.9 Å². The third-order valence-electron chi connectivity index (χ3n) is 8.16. The summed E-state index contributed by atoms with van der Waals surface area (Å²) < 4.78 is 25.0. The van der Waals surface area contributed by atoms with Crippen LogP contribution in [0.25, 0.3) is 10.9 Å². The lowest BCUT2D eigenvalue weighted by Crippen LogP contribution is -2.67. The highest BCUT2D eigenvalue weighted by Gasteiger charge is 2.56. The van der Waals surface area contributed by atoms with Crippen LogP contribution in [-0.2, 0) is 21.7 Å². The third-order valence-corrected chi connectivity index (χ3v) is 8.16. The second kappa shape index (κ2) is 10.0. The molecule has 3 heterocycles. The highest BCUT2D eigenvalue weighted by atomic mass is 19.1. The largest absolute Gasteiger partial charge is 0.493 e. The van der Waals surface area contributed by atoms with Crippen molar-refractivity contribution in [3.63, 3.8) is 0 Å². The Balaban J connectivity index is 1.46. The molecule has 2 aliphatic heterocycles. The first-order valence-corrected chi connectivity index (χ1v) is 13.6. The molecule has 1 saturated heterocycles. The van der Waals surface area contributed by atoms with Crippen LogP contribution in [0.3, 0.4) is 0 Å². The van der Waals surface area contributed by atoms with Crippen LogP contribution in [0.4, 0.5) is 4.39 Å². The normalized spacial score (nSPS) is 20.4. The first-order chi connectivity index (χ1) is 19.3. The Morgan fingerprint density at radius 3 is 2.58 bits per heavy atom. The zero-order chi connectivity index (χ0) is 28.0. The number of nitrogens with zero attached hydrogens (tertiary/aromatic N) is 2. The summed E-state index contributed by atoms with van der Waals surface area (Å²) >= 11 is 0. The smallest absolute Gasteiger partial charge is 0.255 e. The minimum atomic E-state index is -1.21. The monoisotopic (exact) mass is 541 g/mol. The van der Waals surface area contributed by atoms with E-state index in [1.807, 2.05) is 43.3 Å². The van der Waals surface area contributed by atoms with Gasteiger partial charge in [0.15, 0.2) is 17.0 Å². The fourth-order valence-corrected chi connectivity index (χ4v) is 6.15. The molecule has 0 aliphatic carbocycles. The summed E-state index contributed by atoms with van der Waals surface area (Å²) in [5.41, 5.74) is 3.16. The lowest BCUT2D eigenvalue weighted by Gasteiger charge is -2.51. The summed E-state index contributed by atoms with van der Waals surface area (Å²) in [5.74, 6) is 0.483. The van der Waals surface area contributed by atoms with Gasteiger partial charge in [-0.3, -0.25) is 9.59 Å². The molecule has 1 unspecified atom stereocenters. The van der Waals surface area contributed by atoms with Gasteiger partial charge in [0.1, 0.15) is 12.4 Å². The Kier molecular flexibility index (Phi) is 6.49. The van der Waals surface area contributed by atoms with Crippen molar-refractivity contribution in [2.45, 2.75) is 38.3 Å². The molecule has 206 valence electrons. The number of rotatable bonds is 7. The van der Waals surface area contributed by atoms with E-state index in [1.54, 1.807) is 29.0 Å². The average molecular weight is 542 g/mol. The van der Waals surface area contributed by atoms with Crippen molar-refractivity contribution in [1.82, 2.24) is 14.8 Å². The van der Waals surface area contributed by atoms with Gasteiger partial charge in [0.05, 0.1) is 19.4 Å². The van der Waals surface area contributed by atoms with Gasteiger partial charge in [-0.2, -0.15) is 0 Å². The van der Waals surface area contributed by atoms with E-state index in [0.29, 0.717) is 24.7 Å². The molecule has 2 atom stereocenters. The number of hydrogen-bond acceptors (Lipinski definition) is 4. The predicted molar refractivity (Wildman–Crippen MR) is 150 cm³/mol. The minimum Gasteiger partial charge on any atom is -0.493 e. The van der Waals surface area contributed by atoms with Gasteiger partial charge in [-0.05, 0) is 60.4 Å². The van der Waals surface area contributed by atoms with E-state index in [9.17, 15) is 14.0 Å². The van der Waals surface area contributed by atoms with Crippen LogP contribution in [0.5, 0.6) is 11.5 Å². The van der Waals surface area contributed by atoms with Gasteiger partial charge in [-0.15, -0.1) is 0 Å². The lowest BCUT2D eigenvalue weighted by atomic mass is 9.76. The first kappa shape index (κ1) is 25.9. The van der Waals surface area contributed by atoms with Crippen LogP contribution in [-0.4, -0.2) is 53.4 Å². The third kappa shape index (κ3) is 4.10. The second-order valence-corrected chi connectivity index (χ2v) is 10.6. The number of piperazine rings is 1. The number of benzene rings is 3. The summed E-state index contributed by atoms with van der Waals surface area (Å²) in [6.45, 7) is 5.00. The molecule has 0 bridgehead atoms. The van der Waals surface area contributed by atoms with Gasteiger partial charge in [-0.1, -0.05) is 43.3 Å². The maximum atomic E-state index is 14.2. The van der Waals surface area contributed by atoms with Gasteiger partial charge in [0, 0.05) is 29.9 Å². The number of para-hydroxylation sites is 1. The van der Waals surface area contributed by atoms with Crippen molar-refractivity contribution < 1.29 is 23.5 Å². The van der Waals surface area contributed by atoms with Crippen LogP contribution in [0, 0.1) is 5.82 Å². The van der Waals surface area contributed by atoms with E-state index in [4.69, 9.17) is 9.47 Å². The molecular weight excluding hydrogens is 509 g/mol. The van der Waals surface area contributed by atoms with Crippen molar-refractivity contribution in [3.8, 4) is 11.5 Å². The van der Waals surface area contributed by atoms with Gasteiger partial charge in [-0.25, -0.2) is 4.39 Å². The van der Waals surface area contributed by atoms with Gasteiger partial charge in [0.2, 0.25) is 5.91 Å². The molecule has 40 heavy (non-hydrogen) atoms. The van der Waals surface area contributed by atoms with Crippen LogP contribution >= 0.6 is 0 Å². The standard InChI is InChI=1S/C32H32FN3O4/c1-4-15-40-26-14-11-21(16-27(26)39-3)24-18-36-28(37)19-35(17-20-9-12-22(33)13-10-20)31(38)32(36,2)30-29(24)23-7-5-6-8-25(23)34-30/h5-14,16,24,34H,4,15,17-19H2,1-3H3/t24?,32-/m0/s1. The summed E-state index contributed by atoms with van der Waals surface area (Å²) in [6.07, 6.45) is 0.883. The summed E-state index contributed by atoms with van der Waals surface area (Å²) in [6, 6.07) is 19.9. The molecule has 7 nitrogen and oxygen atoms in total. The number of carbonyl (C=O) groups is 2. The molecule has 0 saturated carbocycles. The van der Waals surface area contributed by atoms with Gasteiger partial charge in [0.25, 0.3) is 5.91 Å². The van der Waals surface area contributed by atoms with E-state index < -0.39 is 5.54 Å². The molecule has 0 radical (unpaired) electrons. The highest BCUT2D eigenvalue weighted by molar-refractivity contribution is 6.01. The zero-order valence-electron chi connectivity index (χ0n) is 22.9. The van der Waals surface area contributed by atoms with E-state index in [0.717, 1.165) is 39.7 Å². The molecule has 4 aromatic rings. The fraction of sp³-hybridized carbons (Fsp3) is 0.312. The van der Waals surface area contributed by atoms with Crippen molar-refractivity contribution in [3.05, 3.63) is 94.9 Å². The highest BCUT2D eigenvalue weighted by Crippen LogP contribution is 2.49. The average Bonchev–Trinajstić information content (AvgIpc) is 3.37. The lowest BCUT2D eigenvalue weighted by molar-refractivity contribution is -0.166. The minimum absolute atomic E-state index is 0.0405. The molecule has 0 spiro atoms. The molecule has 2 amide bonds. The Morgan fingerprint density at radius 2 is 1.82 bits per heavy atom. The number of ether oxygens (including phenoxy) is 2. The number of aromatic amines is 1. The number of methoxy groups -OCH3 is 1. The summed E-state index contributed by atoms with van der Waals surface area (Å²) in [7, 11) is 1.62. The zero-order valence-corrected chi connectivity index (χ0v) is 22.9. The molecule has 8 heteroatoms. The van der Waals surface area contributed by atoms with E-state index >= 15 is 0 Å². The molecule has 3 aromatic carbocycles. The number of carbonyl (C=O) groups excluding carboxylic acids is 2. The SMILES string of the molecule is CCCOc1ccc(C2CN3C(=O)CN(Cc4ccc(F)cc4)C(=O)[C@]3(C)c3[nH]c4ccccc4c32)cc1OC.